The summed E-state index contributed by atoms with van der Waals surface area (Å²) in [6.45, 7) is 6.91. The molecule has 0 heterocycles. The highest BCUT2D eigenvalue weighted by molar-refractivity contribution is 5.79. The van der Waals surface area contributed by atoms with Crippen LogP contribution in [0.2, 0.25) is 0 Å². The maximum Gasteiger partial charge on any atom is 0.387 e. The molecule has 0 saturated heterocycles. The summed E-state index contributed by atoms with van der Waals surface area (Å²) in [4.78, 5) is 9.07. The summed E-state index contributed by atoms with van der Waals surface area (Å²) in [5.74, 6) is 1.02. The van der Waals surface area contributed by atoms with Gasteiger partial charge in [0.15, 0.2) is 5.96 Å². The van der Waals surface area contributed by atoms with Crippen molar-refractivity contribution in [2.24, 2.45) is 4.99 Å². The lowest BCUT2D eigenvalue weighted by Gasteiger charge is -2.23. The predicted molar refractivity (Wildman–Crippen MR) is 108 cm³/mol. The van der Waals surface area contributed by atoms with Crippen molar-refractivity contribution in [3.63, 3.8) is 0 Å². The van der Waals surface area contributed by atoms with Gasteiger partial charge in [0.1, 0.15) is 5.75 Å². The van der Waals surface area contributed by atoms with Crippen LogP contribution < -0.4 is 10.1 Å². The SMILES string of the molecule is CCNC(=NCCCCN(C)C(C)C)N(C)Cc1ccc(OC(F)F)cc1. The smallest absolute Gasteiger partial charge is 0.387 e. The van der Waals surface area contributed by atoms with E-state index in [0.717, 1.165) is 44.0 Å². The lowest BCUT2D eigenvalue weighted by atomic mass is 10.2. The second kappa shape index (κ2) is 12.5. The van der Waals surface area contributed by atoms with Crippen molar-refractivity contribution >= 4 is 5.96 Å². The summed E-state index contributed by atoms with van der Waals surface area (Å²) in [5, 5.41) is 3.30. The van der Waals surface area contributed by atoms with Gasteiger partial charge in [-0.25, -0.2) is 0 Å². The molecule has 0 aliphatic carbocycles. The lowest BCUT2D eigenvalue weighted by molar-refractivity contribution is -0.0498. The fraction of sp³-hybridized carbons (Fsp3) is 0.650. The zero-order valence-electron chi connectivity index (χ0n) is 17.2. The fourth-order valence-corrected chi connectivity index (χ4v) is 2.51. The average Bonchev–Trinajstić information content (AvgIpc) is 2.61. The van der Waals surface area contributed by atoms with Crippen molar-refractivity contribution in [2.45, 2.75) is 52.8 Å². The maximum atomic E-state index is 12.2. The van der Waals surface area contributed by atoms with Crippen LogP contribution in [0.1, 0.15) is 39.2 Å². The van der Waals surface area contributed by atoms with Crippen molar-refractivity contribution < 1.29 is 13.5 Å². The van der Waals surface area contributed by atoms with Crippen molar-refractivity contribution in [3.8, 4) is 5.75 Å². The third-order valence-electron chi connectivity index (χ3n) is 4.33. The molecule has 154 valence electrons. The van der Waals surface area contributed by atoms with Gasteiger partial charge in [0.05, 0.1) is 0 Å². The van der Waals surface area contributed by atoms with Crippen LogP contribution in [0.4, 0.5) is 8.78 Å². The lowest BCUT2D eigenvalue weighted by Crippen LogP contribution is -2.38. The molecule has 1 rings (SSSR count). The van der Waals surface area contributed by atoms with Gasteiger partial charge < -0.3 is 19.9 Å². The number of halogens is 2. The Morgan fingerprint density at radius 1 is 1.15 bits per heavy atom. The first-order valence-electron chi connectivity index (χ1n) is 9.57. The molecule has 0 bridgehead atoms. The normalized spacial score (nSPS) is 12.1. The quantitative estimate of drug-likeness (QED) is 0.358. The summed E-state index contributed by atoms with van der Waals surface area (Å²) in [7, 11) is 4.11. The van der Waals surface area contributed by atoms with Gasteiger partial charge in [0.25, 0.3) is 0 Å². The molecule has 5 nitrogen and oxygen atoms in total. The Balaban J connectivity index is 2.52. The zero-order valence-corrected chi connectivity index (χ0v) is 17.2. The van der Waals surface area contributed by atoms with Gasteiger partial charge in [-0.05, 0) is 64.9 Å². The molecule has 0 aliphatic rings. The van der Waals surface area contributed by atoms with Crippen molar-refractivity contribution in [1.29, 1.82) is 0 Å². The standard InChI is InChI=1S/C20H34F2N4O/c1-6-23-20(24-13-7-8-14-25(4)16(2)3)26(5)15-17-9-11-18(12-10-17)27-19(21)22/h9-12,16,19H,6-8,13-15H2,1-5H3,(H,23,24). The first-order valence-corrected chi connectivity index (χ1v) is 9.57. The number of nitrogens with zero attached hydrogens (tertiary/aromatic N) is 3. The molecule has 1 aromatic rings. The van der Waals surface area contributed by atoms with E-state index in [1.807, 2.05) is 18.9 Å². The summed E-state index contributed by atoms with van der Waals surface area (Å²) >= 11 is 0. The van der Waals surface area contributed by atoms with E-state index in [1.165, 1.54) is 0 Å². The molecule has 0 unspecified atom stereocenters. The summed E-state index contributed by atoms with van der Waals surface area (Å²) < 4.78 is 28.8. The van der Waals surface area contributed by atoms with E-state index in [4.69, 9.17) is 4.99 Å². The van der Waals surface area contributed by atoms with Crippen LogP contribution in [0.15, 0.2) is 29.3 Å². The number of alkyl halides is 2. The molecule has 1 N–H and O–H groups in total. The first-order chi connectivity index (χ1) is 12.8. The van der Waals surface area contributed by atoms with Crippen LogP contribution in [-0.2, 0) is 6.54 Å². The Bertz CT molecular complexity index is 549. The van der Waals surface area contributed by atoms with Gasteiger partial charge >= 0.3 is 6.61 Å². The summed E-state index contributed by atoms with van der Waals surface area (Å²) in [6.07, 6.45) is 2.16. The number of nitrogens with one attached hydrogen (secondary N) is 1. The molecule has 27 heavy (non-hydrogen) atoms. The van der Waals surface area contributed by atoms with E-state index in [2.05, 4.69) is 35.8 Å². The highest BCUT2D eigenvalue weighted by Gasteiger charge is 2.08. The van der Waals surface area contributed by atoms with Crippen molar-refractivity contribution in [2.75, 3.05) is 33.7 Å². The number of guanidine groups is 1. The van der Waals surface area contributed by atoms with E-state index in [1.54, 1.807) is 24.3 Å². The van der Waals surface area contributed by atoms with Crippen molar-refractivity contribution in [1.82, 2.24) is 15.1 Å². The number of hydrogen-bond donors (Lipinski definition) is 1. The second-order valence-electron chi connectivity index (χ2n) is 6.90. The topological polar surface area (TPSA) is 40.1 Å². The molecule has 7 heteroatoms. The van der Waals surface area contributed by atoms with Crippen LogP contribution in [0.3, 0.4) is 0 Å². The fourth-order valence-electron chi connectivity index (χ4n) is 2.51. The second-order valence-corrected chi connectivity index (χ2v) is 6.90. The molecule has 0 saturated carbocycles. The summed E-state index contributed by atoms with van der Waals surface area (Å²) in [6, 6.07) is 7.27. The first kappa shape index (κ1) is 23.1. The molecule has 1 aromatic carbocycles. The number of rotatable bonds is 11. The number of aliphatic imine (C=N–C) groups is 1. The van der Waals surface area contributed by atoms with Crippen LogP contribution in [-0.4, -0.2) is 62.1 Å². The monoisotopic (exact) mass is 384 g/mol. The van der Waals surface area contributed by atoms with E-state index in [-0.39, 0.29) is 5.75 Å². The van der Waals surface area contributed by atoms with Gasteiger partial charge in [-0.2, -0.15) is 8.78 Å². The molecule has 0 radical (unpaired) electrons. The van der Waals surface area contributed by atoms with E-state index in [9.17, 15) is 8.78 Å². The van der Waals surface area contributed by atoms with Gasteiger partial charge in [-0.1, -0.05) is 12.1 Å². The summed E-state index contributed by atoms with van der Waals surface area (Å²) in [5.41, 5.74) is 1.00. The maximum absolute atomic E-state index is 12.2. The molecular formula is C20H34F2N4O. The Morgan fingerprint density at radius 2 is 1.81 bits per heavy atom. The molecule has 0 fully saturated rings. The Hall–Kier alpha value is -1.89. The minimum absolute atomic E-state index is 0.170. The molecule has 0 atom stereocenters. The number of ether oxygens (including phenoxy) is 1. The van der Waals surface area contributed by atoms with Crippen molar-refractivity contribution in [3.05, 3.63) is 29.8 Å². The van der Waals surface area contributed by atoms with E-state index in [0.29, 0.717) is 12.6 Å². The number of unbranched alkanes of at least 4 members (excludes halogenated alkanes) is 1. The van der Waals surface area contributed by atoms with Crippen LogP contribution in [0.25, 0.3) is 0 Å². The zero-order chi connectivity index (χ0) is 20.2. The highest BCUT2D eigenvalue weighted by atomic mass is 19.3. The molecular weight excluding hydrogens is 350 g/mol. The van der Waals surface area contributed by atoms with Crippen LogP contribution in [0, 0.1) is 0 Å². The van der Waals surface area contributed by atoms with Gasteiger partial charge in [0.2, 0.25) is 0 Å². The number of benzene rings is 1. The molecule has 0 spiro atoms. The predicted octanol–water partition coefficient (Wildman–Crippen LogP) is 3.81. The van der Waals surface area contributed by atoms with Gasteiger partial charge in [-0.3, -0.25) is 4.99 Å². The highest BCUT2D eigenvalue weighted by Crippen LogP contribution is 2.15. The van der Waals surface area contributed by atoms with Crippen LogP contribution in [0.5, 0.6) is 5.75 Å². The minimum Gasteiger partial charge on any atom is -0.435 e. The number of hydrogen-bond acceptors (Lipinski definition) is 3. The molecule has 0 amide bonds. The Kier molecular flexibility index (Phi) is 10.7. The molecule has 0 aromatic heterocycles. The third kappa shape index (κ3) is 9.56. The largest absolute Gasteiger partial charge is 0.435 e. The minimum atomic E-state index is -2.80. The Labute approximate surface area is 162 Å². The molecule has 0 aliphatic heterocycles. The van der Waals surface area contributed by atoms with Gasteiger partial charge in [-0.15, -0.1) is 0 Å². The third-order valence-corrected chi connectivity index (χ3v) is 4.33. The Morgan fingerprint density at radius 3 is 2.37 bits per heavy atom. The van der Waals surface area contributed by atoms with E-state index < -0.39 is 6.61 Å². The van der Waals surface area contributed by atoms with E-state index >= 15 is 0 Å². The van der Waals surface area contributed by atoms with Gasteiger partial charge in [0, 0.05) is 32.7 Å². The van der Waals surface area contributed by atoms with Crippen LogP contribution >= 0.6 is 0 Å². The average molecular weight is 385 g/mol.